The molecule has 0 aliphatic heterocycles. The molecule has 1 aromatic carbocycles. The number of imidazole rings is 1. The average Bonchev–Trinajstić information content (AvgIpc) is 3.45. The minimum Gasteiger partial charge on any atom is -0.307 e. The summed E-state index contributed by atoms with van der Waals surface area (Å²) in [5, 5.41) is 13.9. The monoisotopic (exact) mass is 487 g/mol. The van der Waals surface area contributed by atoms with Gasteiger partial charge in [-0.15, -0.1) is 0 Å². The summed E-state index contributed by atoms with van der Waals surface area (Å²) in [6.45, 7) is 8.34. The summed E-state index contributed by atoms with van der Waals surface area (Å²) in [4.78, 5) is 24.5. The molecule has 1 saturated carbocycles. The number of H-pyrrole nitrogens is 1. The van der Waals surface area contributed by atoms with Crippen molar-refractivity contribution >= 4 is 29.2 Å². The van der Waals surface area contributed by atoms with E-state index < -0.39 is 0 Å². The van der Waals surface area contributed by atoms with Crippen LogP contribution < -0.4 is 11.0 Å². The highest BCUT2D eigenvalue weighted by Crippen LogP contribution is 2.33. The molecule has 10 nitrogen and oxygen atoms in total. The third-order valence-corrected chi connectivity index (χ3v) is 7.04. The molecule has 36 heavy (non-hydrogen) atoms. The molecule has 0 saturated heterocycles. The number of nitrogens with zero attached hydrogens (tertiary/aromatic N) is 7. The number of amidine groups is 1. The quantitative estimate of drug-likeness (QED) is 0.246. The minimum absolute atomic E-state index is 0.0443. The van der Waals surface area contributed by atoms with Crippen LogP contribution in [0.4, 0.5) is 0 Å². The predicted octanol–water partition coefficient (Wildman–Crippen LogP) is 3.31. The minimum atomic E-state index is -0.0443. The fourth-order valence-corrected chi connectivity index (χ4v) is 5.32. The maximum Gasteiger partial charge on any atom is 0.326 e. The smallest absolute Gasteiger partial charge is 0.307 e. The van der Waals surface area contributed by atoms with E-state index in [1.807, 2.05) is 31.8 Å². The van der Waals surface area contributed by atoms with Gasteiger partial charge in [0.2, 0.25) is 0 Å². The van der Waals surface area contributed by atoms with Gasteiger partial charge in [0.15, 0.2) is 11.5 Å². The van der Waals surface area contributed by atoms with Gasteiger partial charge < -0.3 is 15.3 Å². The zero-order chi connectivity index (χ0) is 25.4. The first-order valence-corrected chi connectivity index (χ1v) is 12.3. The number of hydrazone groups is 1. The molecule has 1 aliphatic carbocycles. The molecule has 2 N–H and O–H groups in total. The van der Waals surface area contributed by atoms with Crippen LogP contribution in [0.3, 0.4) is 0 Å². The van der Waals surface area contributed by atoms with E-state index in [0.29, 0.717) is 18.4 Å². The number of nitrogens with one attached hydrogen (secondary N) is 2. The van der Waals surface area contributed by atoms with Crippen molar-refractivity contribution in [2.45, 2.75) is 51.6 Å². The Hall–Kier alpha value is -3.79. The lowest BCUT2D eigenvalue weighted by molar-refractivity contribution is 0.297. The number of aromatic amines is 1. The number of fused-ring (bicyclic) bond motifs is 2. The van der Waals surface area contributed by atoms with Gasteiger partial charge in [-0.1, -0.05) is 0 Å². The molecule has 0 spiro atoms. The summed E-state index contributed by atoms with van der Waals surface area (Å²) in [5.41, 5.74) is 6.94. The fraction of sp³-hybridized carbons (Fsp3) is 0.423. The summed E-state index contributed by atoms with van der Waals surface area (Å²) in [6, 6.07) is 6.89. The molecular formula is C26H33N9O. The maximum atomic E-state index is 13.1. The number of aryl methyl sites for hydroxylation is 2. The topological polar surface area (TPSA) is 108 Å². The van der Waals surface area contributed by atoms with Gasteiger partial charge in [-0.3, -0.25) is 4.57 Å². The van der Waals surface area contributed by atoms with Gasteiger partial charge in [0.25, 0.3) is 0 Å². The van der Waals surface area contributed by atoms with Crippen LogP contribution in [-0.4, -0.2) is 68.4 Å². The van der Waals surface area contributed by atoms with Crippen LogP contribution in [0.2, 0.25) is 0 Å². The summed E-state index contributed by atoms with van der Waals surface area (Å²) >= 11 is 0. The first-order chi connectivity index (χ1) is 17.3. The third-order valence-electron chi connectivity index (χ3n) is 7.04. The summed E-state index contributed by atoms with van der Waals surface area (Å²) in [5.74, 6) is 0.680. The summed E-state index contributed by atoms with van der Waals surface area (Å²) in [7, 11) is 3.74. The Labute approximate surface area is 209 Å². The Kier molecular flexibility index (Phi) is 6.44. The van der Waals surface area contributed by atoms with E-state index in [1.165, 1.54) is 0 Å². The molecule has 0 unspecified atom stereocenters. The molecule has 0 amide bonds. The largest absolute Gasteiger partial charge is 0.326 e. The Morgan fingerprint density at radius 3 is 2.69 bits per heavy atom. The van der Waals surface area contributed by atoms with Gasteiger partial charge >= 0.3 is 5.69 Å². The van der Waals surface area contributed by atoms with Gasteiger partial charge in [-0.05, 0) is 81.1 Å². The molecule has 1 fully saturated rings. The number of rotatable bonds is 6. The second-order valence-corrected chi connectivity index (χ2v) is 9.83. The van der Waals surface area contributed by atoms with E-state index >= 15 is 0 Å². The predicted molar refractivity (Wildman–Crippen MR) is 144 cm³/mol. The highest BCUT2D eigenvalue weighted by Gasteiger charge is 2.25. The molecule has 188 valence electrons. The second-order valence-electron chi connectivity index (χ2n) is 9.83. The zero-order valence-corrected chi connectivity index (χ0v) is 21.3. The van der Waals surface area contributed by atoms with Crippen molar-refractivity contribution in [2.75, 3.05) is 20.6 Å². The Bertz CT molecular complexity index is 1500. The molecule has 4 aromatic rings. The van der Waals surface area contributed by atoms with Crippen molar-refractivity contribution < 1.29 is 0 Å². The first kappa shape index (κ1) is 23.9. The number of benzene rings is 1. The molecule has 3 aromatic heterocycles. The van der Waals surface area contributed by atoms with E-state index in [1.54, 1.807) is 15.9 Å². The van der Waals surface area contributed by atoms with Crippen LogP contribution in [0.25, 0.3) is 27.8 Å². The number of hydrogen-bond donors (Lipinski definition) is 2. The van der Waals surface area contributed by atoms with Gasteiger partial charge in [0, 0.05) is 37.9 Å². The van der Waals surface area contributed by atoms with Gasteiger partial charge in [0.1, 0.15) is 6.33 Å². The van der Waals surface area contributed by atoms with Crippen LogP contribution >= 0.6 is 0 Å². The van der Waals surface area contributed by atoms with E-state index in [2.05, 4.69) is 62.3 Å². The van der Waals surface area contributed by atoms with Crippen molar-refractivity contribution in [2.24, 2.45) is 10.1 Å². The Morgan fingerprint density at radius 1 is 1.19 bits per heavy atom. The van der Waals surface area contributed by atoms with Crippen LogP contribution in [0.15, 0.2) is 45.6 Å². The highest BCUT2D eigenvalue weighted by molar-refractivity contribution is 5.87. The average molecular weight is 488 g/mol. The van der Waals surface area contributed by atoms with E-state index in [0.717, 1.165) is 64.6 Å². The number of aromatic nitrogens is 5. The molecule has 5 rings (SSSR count). The highest BCUT2D eigenvalue weighted by atomic mass is 16.1. The first-order valence-electron chi connectivity index (χ1n) is 12.3. The van der Waals surface area contributed by atoms with Crippen LogP contribution in [0.1, 0.15) is 42.9 Å². The van der Waals surface area contributed by atoms with Crippen molar-refractivity contribution in [3.63, 3.8) is 0 Å². The van der Waals surface area contributed by atoms with Crippen molar-refractivity contribution in [3.05, 3.63) is 52.3 Å². The molecule has 3 heterocycles. The van der Waals surface area contributed by atoms with Crippen molar-refractivity contribution in [1.29, 1.82) is 0 Å². The zero-order valence-electron chi connectivity index (χ0n) is 21.3. The number of pyridine rings is 1. The molecule has 0 radical (unpaired) electrons. The van der Waals surface area contributed by atoms with Crippen LogP contribution in [0, 0.1) is 13.8 Å². The Balaban J connectivity index is 1.36. The number of hydrogen-bond acceptors (Lipinski definition) is 6. The lowest BCUT2D eigenvalue weighted by Gasteiger charge is -2.30. The van der Waals surface area contributed by atoms with Crippen molar-refractivity contribution in [3.8, 4) is 11.1 Å². The van der Waals surface area contributed by atoms with Crippen LogP contribution in [0.5, 0.6) is 0 Å². The SMILES string of the molecule is C=N/C(CN[C@H]1CC[C@@H](n2c(=O)[nH]c3cc(-c4cc(C)c5ncnn5c4)c(C)cc32)CC1)=N\N(C)C. The number of aliphatic imine (C=N–C) groups is 1. The van der Waals surface area contributed by atoms with E-state index in [4.69, 9.17) is 0 Å². The Morgan fingerprint density at radius 2 is 1.97 bits per heavy atom. The van der Waals surface area contributed by atoms with Gasteiger partial charge in [-0.25, -0.2) is 19.3 Å². The van der Waals surface area contributed by atoms with E-state index in [-0.39, 0.29) is 11.7 Å². The van der Waals surface area contributed by atoms with E-state index in [9.17, 15) is 4.79 Å². The normalized spacial score (nSPS) is 18.7. The molecular weight excluding hydrogens is 454 g/mol. The summed E-state index contributed by atoms with van der Waals surface area (Å²) < 4.78 is 3.76. The maximum absolute atomic E-state index is 13.1. The fourth-order valence-electron chi connectivity index (χ4n) is 5.32. The standard InChI is InChI=1S/C26H33N9O/c1-16-11-23-22(12-21(16)18-10-17(2)25-29-15-30-34(25)14-18)31-26(36)35(23)20-8-6-19(7-9-20)28-13-24(27-3)32-33(4)5/h10-12,14-15,19-20,28H,3,6-9,13H2,1-2,4-5H3,(H,31,36)/b32-24-/t19-,20+. The molecule has 10 heteroatoms. The van der Waals surface area contributed by atoms with Crippen molar-refractivity contribution in [1.82, 2.24) is 34.5 Å². The molecule has 0 atom stereocenters. The third kappa shape index (κ3) is 4.56. The molecule has 0 bridgehead atoms. The lowest BCUT2D eigenvalue weighted by atomic mass is 9.90. The summed E-state index contributed by atoms with van der Waals surface area (Å²) in [6.07, 6.45) is 7.42. The van der Waals surface area contributed by atoms with Gasteiger partial charge in [-0.2, -0.15) is 10.2 Å². The van der Waals surface area contributed by atoms with Crippen LogP contribution in [-0.2, 0) is 0 Å². The second kappa shape index (κ2) is 9.69. The lowest BCUT2D eigenvalue weighted by Crippen LogP contribution is -2.38. The molecule has 1 aliphatic rings. The van der Waals surface area contributed by atoms with Gasteiger partial charge in [0.05, 0.1) is 17.6 Å².